The van der Waals surface area contributed by atoms with E-state index in [1.54, 1.807) is 0 Å². The minimum absolute atomic E-state index is 0.314. The number of hydrogen-bond acceptors (Lipinski definition) is 0. The number of halogens is 1. The van der Waals surface area contributed by atoms with Gasteiger partial charge < -0.3 is 0 Å². The predicted octanol–water partition coefficient (Wildman–Crippen LogP) is 6.67. The number of allylic oxidation sites excluding steroid dienone is 8. The molecule has 115 valence electrons. The Morgan fingerprint density at radius 1 is 0.850 bits per heavy atom. The number of hydrogen-bond donors (Lipinski definition) is 0. The van der Waals surface area contributed by atoms with Crippen molar-refractivity contribution in [2.75, 3.05) is 0 Å². The van der Waals surface area contributed by atoms with Gasteiger partial charge in [0.25, 0.3) is 0 Å². The molecule has 0 bridgehead atoms. The van der Waals surface area contributed by atoms with Crippen LogP contribution in [0.4, 0.5) is 0 Å². The molecule has 0 amide bonds. The molecule has 20 heavy (non-hydrogen) atoms. The molecule has 0 nitrogen and oxygen atoms in total. The Hall–Kier alpha value is -0.127. The van der Waals surface area contributed by atoms with Crippen molar-refractivity contribution in [2.45, 2.75) is 60.3 Å². The summed E-state index contributed by atoms with van der Waals surface area (Å²) in [6.07, 6.45) is 16.3. The van der Waals surface area contributed by atoms with Crippen LogP contribution in [0.15, 0.2) is 47.1 Å². The van der Waals surface area contributed by atoms with E-state index in [1.165, 1.54) is 42.4 Å². The van der Waals surface area contributed by atoms with Gasteiger partial charge in [-0.15, -0.1) is 0 Å². The van der Waals surface area contributed by atoms with E-state index in [0.29, 0.717) is 5.41 Å². The summed E-state index contributed by atoms with van der Waals surface area (Å²) in [6, 6.07) is 0. The Kier molecular flexibility index (Phi) is 10.5. The monoisotopic (exact) mass is 381 g/mol. The van der Waals surface area contributed by atoms with Crippen LogP contribution >= 0.6 is 9.69 Å². The van der Waals surface area contributed by atoms with E-state index in [4.69, 9.17) is 0 Å². The minimum atomic E-state index is 0.314. The Labute approximate surface area is 139 Å². The second-order valence-corrected chi connectivity index (χ2v) is 5.90. The zero-order valence-electron chi connectivity index (χ0n) is 13.4. The van der Waals surface area contributed by atoms with E-state index < -0.39 is 0 Å². The van der Waals surface area contributed by atoms with Crippen LogP contribution in [0, 0.1) is 5.41 Å². The first-order valence-corrected chi connectivity index (χ1v) is 9.50. The number of rotatable bonds is 0. The van der Waals surface area contributed by atoms with Gasteiger partial charge in [-0.05, 0) is 52.0 Å². The fraction of sp³-hybridized carbons (Fsp3) is 0.556. The Morgan fingerprint density at radius 2 is 1.20 bits per heavy atom. The molecule has 0 heterocycles. The van der Waals surface area contributed by atoms with Gasteiger partial charge >= 0.3 is 27.0 Å². The molecule has 2 aliphatic carbocycles. The van der Waals surface area contributed by atoms with Crippen molar-refractivity contribution in [3.05, 3.63) is 47.1 Å². The molecular weight excluding hydrogens is 353 g/mol. The molecule has 0 aromatic rings. The summed E-state index contributed by atoms with van der Waals surface area (Å²) in [6.45, 7) is 11.1. The molecule has 0 unspecified atom stereocenters. The SMILES string of the molecule is C1=CCCC=CCC1.CC1=CC(C)(C)C(C)=C1C.[Cl][Ru]. The predicted molar refractivity (Wildman–Crippen MR) is 88.5 cm³/mol. The van der Waals surface area contributed by atoms with E-state index >= 15 is 0 Å². The standard InChI is InChI=1S/C10H16.C8H12.ClH.Ru/c1-7-6-10(4,5)9(3)8(7)2;1-2-4-6-8-7-5-3-1;;/h6H,1-5H3;1-2,7-8H,3-6H2;1H;/q;;;+1/p-1. The van der Waals surface area contributed by atoms with E-state index in [9.17, 15) is 0 Å². The van der Waals surface area contributed by atoms with Crippen LogP contribution in [0.2, 0.25) is 0 Å². The third-order valence-corrected chi connectivity index (χ3v) is 4.03. The van der Waals surface area contributed by atoms with Crippen molar-refractivity contribution in [1.29, 1.82) is 0 Å². The summed E-state index contributed by atoms with van der Waals surface area (Å²) in [7, 11) is 4.57. The molecule has 0 saturated heterocycles. The average molecular weight is 381 g/mol. The first-order chi connectivity index (χ1) is 9.45. The molecule has 0 aliphatic heterocycles. The molecule has 2 heteroatoms. The maximum absolute atomic E-state index is 4.57. The van der Waals surface area contributed by atoms with Gasteiger partial charge in [-0.25, -0.2) is 0 Å². The van der Waals surface area contributed by atoms with Gasteiger partial charge in [-0.2, -0.15) is 0 Å². The van der Waals surface area contributed by atoms with E-state index in [1.807, 2.05) is 17.3 Å². The molecule has 0 atom stereocenters. The van der Waals surface area contributed by atoms with E-state index in [0.717, 1.165) is 0 Å². The van der Waals surface area contributed by atoms with Crippen LogP contribution in [-0.2, 0) is 17.3 Å². The van der Waals surface area contributed by atoms with Crippen LogP contribution < -0.4 is 0 Å². The summed E-state index contributed by atoms with van der Waals surface area (Å²) in [5.74, 6) is 0. The van der Waals surface area contributed by atoms with Gasteiger partial charge in [0.05, 0.1) is 0 Å². The van der Waals surface area contributed by atoms with Gasteiger partial charge in [0.1, 0.15) is 0 Å². The molecule has 0 aromatic carbocycles. The Morgan fingerprint density at radius 3 is 1.35 bits per heavy atom. The normalized spacial score (nSPS) is 20.1. The van der Waals surface area contributed by atoms with Gasteiger partial charge in [0.15, 0.2) is 0 Å². The third kappa shape index (κ3) is 7.05. The summed E-state index contributed by atoms with van der Waals surface area (Å²) < 4.78 is 0. The van der Waals surface area contributed by atoms with Crippen molar-refractivity contribution >= 4 is 9.69 Å². The van der Waals surface area contributed by atoms with Crippen molar-refractivity contribution in [2.24, 2.45) is 5.41 Å². The fourth-order valence-electron chi connectivity index (χ4n) is 2.39. The molecule has 0 N–H and O–H groups in total. The van der Waals surface area contributed by atoms with Crippen molar-refractivity contribution < 1.29 is 17.3 Å². The maximum atomic E-state index is 4.57. The first kappa shape index (κ1) is 19.9. The zero-order chi connectivity index (χ0) is 15.6. The molecule has 0 fully saturated rings. The van der Waals surface area contributed by atoms with E-state index in [-0.39, 0.29) is 0 Å². The second kappa shape index (κ2) is 10.6. The van der Waals surface area contributed by atoms with Gasteiger partial charge in [0.2, 0.25) is 0 Å². The van der Waals surface area contributed by atoms with Gasteiger partial charge in [-0.3, -0.25) is 0 Å². The average Bonchev–Trinajstić information content (AvgIpc) is 2.55. The molecule has 2 aliphatic rings. The zero-order valence-corrected chi connectivity index (χ0v) is 15.9. The third-order valence-electron chi connectivity index (χ3n) is 4.03. The topological polar surface area (TPSA) is 0 Å². The molecule has 0 aromatic heterocycles. The van der Waals surface area contributed by atoms with Crippen LogP contribution in [-0.4, -0.2) is 0 Å². The molecule has 0 saturated carbocycles. The molecule has 0 spiro atoms. The Balaban J connectivity index is 0.000000327. The van der Waals surface area contributed by atoms with E-state index in [2.05, 4.69) is 74.7 Å². The van der Waals surface area contributed by atoms with Gasteiger partial charge in [0, 0.05) is 5.41 Å². The fourth-order valence-corrected chi connectivity index (χ4v) is 2.39. The van der Waals surface area contributed by atoms with Crippen LogP contribution in [0.3, 0.4) is 0 Å². The molecule has 2 rings (SSSR count). The quantitative estimate of drug-likeness (QED) is 0.325. The summed E-state index contributed by atoms with van der Waals surface area (Å²) in [5.41, 5.74) is 4.76. The van der Waals surface area contributed by atoms with Crippen LogP contribution in [0.1, 0.15) is 60.3 Å². The first-order valence-electron chi connectivity index (χ1n) is 7.26. The Bertz CT molecular complexity index is 372. The van der Waals surface area contributed by atoms with Crippen molar-refractivity contribution in [1.82, 2.24) is 0 Å². The van der Waals surface area contributed by atoms with Gasteiger partial charge in [-0.1, -0.05) is 55.4 Å². The van der Waals surface area contributed by atoms with Crippen molar-refractivity contribution in [3.8, 4) is 0 Å². The molecule has 0 radical (unpaired) electrons. The summed E-state index contributed by atoms with van der Waals surface area (Å²) in [5, 5.41) is 0. The summed E-state index contributed by atoms with van der Waals surface area (Å²) >= 11 is 1.82. The second-order valence-electron chi connectivity index (χ2n) is 5.90. The van der Waals surface area contributed by atoms with Crippen molar-refractivity contribution in [3.63, 3.8) is 0 Å². The van der Waals surface area contributed by atoms with Crippen LogP contribution in [0.25, 0.3) is 0 Å². The summed E-state index contributed by atoms with van der Waals surface area (Å²) in [4.78, 5) is 0. The van der Waals surface area contributed by atoms with Crippen LogP contribution in [0.5, 0.6) is 0 Å². The molecular formula is C18H28ClRu.